The lowest BCUT2D eigenvalue weighted by Gasteiger charge is -2.42. The number of anilines is 2. The monoisotopic (exact) mass is 434 g/mol. The number of hydrogen-bond acceptors (Lipinski definition) is 4. The molecule has 1 aromatic carbocycles. The normalized spacial score (nSPS) is 18.6. The van der Waals surface area contributed by atoms with Crippen LogP contribution in [0.5, 0.6) is 0 Å². The Balaban J connectivity index is 1.82. The summed E-state index contributed by atoms with van der Waals surface area (Å²) in [6, 6.07) is 5.99. The largest absolute Gasteiger partial charge is 0.298 e. The van der Waals surface area contributed by atoms with Gasteiger partial charge in [-0.3, -0.25) is 19.2 Å². The average molecular weight is 435 g/mol. The maximum absolute atomic E-state index is 13.3. The first-order valence-electron chi connectivity index (χ1n) is 10.6. The van der Waals surface area contributed by atoms with Gasteiger partial charge in [-0.15, -0.1) is 0 Å². The van der Waals surface area contributed by atoms with Crippen molar-refractivity contribution in [3.05, 3.63) is 49.9 Å². The molecule has 0 spiro atoms. The van der Waals surface area contributed by atoms with E-state index in [-0.39, 0.29) is 5.56 Å². The molecule has 1 aliphatic carbocycles. The number of rotatable bonds is 3. The second-order valence-electron chi connectivity index (χ2n) is 8.14. The maximum Gasteiger partial charge on any atom is 0.259 e. The van der Waals surface area contributed by atoms with Gasteiger partial charge >= 0.3 is 0 Å². The third-order valence-corrected chi connectivity index (χ3v) is 6.63. The molecule has 2 aromatic rings. The summed E-state index contributed by atoms with van der Waals surface area (Å²) in [5.41, 5.74) is 2.52. The molecule has 1 aromatic heterocycles. The van der Waals surface area contributed by atoms with Gasteiger partial charge in [0.25, 0.3) is 5.56 Å². The Morgan fingerprint density at radius 3 is 2.31 bits per heavy atom. The quantitative estimate of drug-likeness (QED) is 0.596. The van der Waals surface area contributed by atoms with Crippen molar-refractivity contribution in [3.8, 4) is 0 Å². The molecular weight excluding hydrogens is 407 g/mol. The topological polar surface area (TPSA) is 41.4 Å². The first-order chi connectivity index (χ1) is 14.0. The summed E-state index contributed by atoms with van der Waals surface area (Å²) >= 11 is 12.6. The molecule has 0 bridgehead atoms. The zero-order valence-corrected chi connectivity index (χ0v) is 18.6. The van der Waals surface area contributed by atoms with Crippen LogP contribution in [0.25, 0.3) is 0 Å². The van der Waals surface area contributed by atoms with E-state index in [9.17, 15) is 4.79 Å². The smallest absolute Gasteiger partial charge is 0.259 e. The summed E-state index contributed by atoms with van der Waals surface area (Å²) in [5, 5.41) is 1.16. The Morgan fingerprint density at radius 2 is 1.69 bits per heavy atom. The van der Waals surface area contributed by atoms with Gasteiger partial charge in [-0.1, -0.05) is 55.8 Å². The van der Waals surface area contributed by atoms with Gasteiger partial charge in [0, 0.05) is 33.0 Å². The fraction of sp³-hybridized carbons (Fsp3) is 0.545. The van der Waals surface area contributed by atoms with Gasteiger partial charge in [0.05, 0.1) is 13.3 Å². The highest BCUT2D eigenvalue weighted by atomic mass is 35.5. The second kappa shape index (κ2) is 8.66. The van der Waals surface area contributed by atoms with Gasteiger partial charge in [-0.2, -0.15) is 0 Å². The van der Waals surface area contributed by atoms with Crippen molar-refractivity contribution >= 4 is 34.8 Å². The van der Waals surface area contributed by atoms with Crippen LogP contribution >= 0.6 is 23.2 Å². The zero-order chi connectivity index (χ0) is 20.5. The van der Waals surface area contributed by atoms with Crippen LogP contribution in [-0.2, 0) is 13.1 Å². The van der Waals surface area contributed by atoms with Crippen molar-refractivity contribution in [3.63, 3.8) is 0 Å². The highest BCUT2D eigenvalue weighted by Crippen LogP contribution is 2.34. The van der Waals surface area contributed by atoms with Crippen molar-refractivity contribution in [1.29, 1.82) is 0 Å². The molecule has 156 valence electrons. The van der Waals surface area contributed by atoms with E-state index in [2.05, 4.69) is 9.80 Å². The minimum absolute atomic E-state index is 0.0615. The predicted octanol–water partition coefficient (Wildman–Crippen LogP) is 5.51. The van der Waals surface area contributed by atoms with Crippen LogP contribution in [-0.4, -0.2) is 27.2 Å². The fourth-order valence-electron chi connectivity index (χ4n) is 4.64. The van der Waals surface area contributed by atoms with Crippen LogP contribution in [0.2, 0.25) is 10.0 Å². The standard InChI is InChI=1S/C22H28Cl2N4O/c1-3-20-15(2)25-22-27(19-11-16(23)10-17(24)12-19)13-26(14-28(22)21(20)29)18-8-6-4-5-7-9-18/h10-12,18H,3-9,13-14H2,1-2H3. The predicted molar refractivity (Wildman–Crippen MR) is 119 cm³/mol. The van der Waals surface area contributed by atoms with Gasteiger partial charge in [0.1, 0.15) is 0 Å². The molecule has 29 heavy (non-hydrogen) atoms. The molecule has 0 N–H and O–H groups in total. The average Bonchev–Trinajstić information content (AvgIpc) is 2.96. The Morgan fingerprint density at radius 1 is 1.03 bits per heavy atom. The van der Waals surface area contributed by atoms with E-state index >= 15 is 0 Å². The Kier molecular flexibility index (Phi) is 6.19. The Labute approximate surface area is 182 Å². The van der Waals surface area contributed by atoms with E-state index in [0.29, 0.717) is 41.8 Å². The minimum Gasteiger partial charge on any atom is -0.298 e. The number of halogens is 2. The first kappa shape index (κ1) is 20.7. The fourth-order valence-corrected chi connectivity index (χ4v) is 5.16. The molecule has 0 unspecified atom stereocenters. The van der Waals surface area contributed by atoms with Gasteiger partial charge in [0.15, 0.2) is 0 Å². The minimum atomic E-state index is 0.0615. The highest BCUT2D eigenvalue weighted by Gasteiger charge is 2.31. The van der Waals surface area contributed by atoms with Crippen LogP contribution in [0.1, 0.15) is 56.7 Å². The van der Waals surface area contributed by atoms with E-state index in [1.165, 1.54) is 38.5 Å². The van der Waals surface area contributed by atoms with Crippen molar-refractivity contribution in [2.24, 2.45) is 0 Å². The molecule has 1 saturated carbocycles. The lowest BCUT2D eigenvalue weighted by Crippen LogP contribution is -2.51. The molecule has 2 aliphatic rings. The van der Waals surface area contributed by atoms with Crippen LogP contribution in [0.3, 0.4) is 0 Å². The van der Waals surface area contributed by atoms with Crippen LogP contribution in [0, 0.1) is 6.92 Å². The number of aromatic nitrogens is 2. The third-order valence-electron chi connectivity index (χ3n) is 6.19. The van der Waals surface area contributed by atoms with Gasteiger partial charge < -0.3 is 0 Å². The number of aryl methyl sites for hydroxylation is 1. The first-order valence-corrected chi connectivity index (χ1v) is 11.3. The molecule has 1 fully saturated rings. The Hall–Kier alpha value is -1.56. The van der Waals surface area contributed by atoms with Gasteiger partial charge in [-0.05, 0) is 44.4 Å². The summed E-state index contributed by atoms with van der Waals surface area (Å²) in [6.07, 6.45) is 8.13. The van der Waals surface area contributed by atoms with Gasteiger partial charge in [-0.25, -0.2) is 4.98 Å². The second-order valence-corrected chi connectivity index (χ2v) is 9.01. The van der Waals surface area contributed by atoms with E-state index in [1.807, 2.05) is 30.5 Å². The molecule has 0 radical (unpaired) electrons. The van der Waals surface area contributed by atoms with Crippen molar-refractivity contribution in [2.45, 2.75) is 71.5 Å². The van der Waals surface area contributed by atoms with Crippen molar-refractivity contribution in [1.82, 2.24) is 14.5 Å². The lowest BCUT2D eigenvalue weighted by atomic mass is 10.1. The van der Waals surface area contributed by atoms with Crippen LogP contribution in [0.4, 0.5) is 11.6 Å². The van der Waals surface area contributed by atoms with E-state index in [0.717, 1.165) is 16.9 Å². The number of benzene rings is 1. The van der Waals surface area contributed by atoms with Crippen LogP contribution in [0.15, 0.2) is 23.0 Å². The summed E-state index contributed by atoms with van der Waals surface area (Å²) in [6.45, 7) is 5.20. The van der Waals surface area contributed by atoms with E-state index in [4.69, 9.17) is 28.2 Å². The molecule has 0 amide bonds. The summed E-state index contributed by atoms with van der Waals surface area (Å²) in [7, 11) is 0. The molecule has 1 aliphatic heterocycles. The third kappa shape index (κ3) is 4.18. The lowest BCUT2D eigenvalue weighted by molar-refractivity contribution is 0.123. The maximum atomic E-state index is 13.3. The number of hydrogen-bond donors (Lipinski definition) is 0. The molecule has 7 heteroatoms. The molecule has 2 heterocycles. The van der Waals surface area contributed by atoms with Gasteiger partial charge in [0.2, 0.25) is 5.95 Å². The van der Waals surface area contributed by atoms with Crippen molar-refractivity contribution < 1.29 is 0 Å². The molecular formula is C22H28Cl2N4O. The van der Waals surface area contributed by atoms with Crippen molar-refractivity contribution in [2.75, 3.05) is 11.6 Å². The molecule has 0 atom stereocenters. The van der Waals surface area contributed by atoms with E-state index < -0.39 is 0 Å². The number of fused-ring (bicyclic) bond motifs is 1. The highest BCUT2D eigenvalue weighted by molar-refractivity contribution is 6.35. The zero-order valence-electron chi connectivity index (χ0n) is 17.1. The molecule has 4 rings (SSSR count). The SMILES string of the molecule is CCc1c(C)nc2n(c1=O)CN(C1CCCCCC1)CN2c1cc(Cl)cc(Cl)c1. The Bertz CT molecular complexity index is 930. The number of nitrogens with zero attached hydrogens (tertiary/aromatic N) is 4. The van der Waals surface area contributed by atoms with Crippen LogP contribution < -0.4 is 10.5 Å². The molecule has 5 nitrogen and oxygen atoms in total. The summed E-state index contributed by atoms with van der Waals surface area (Å²) in [5.74, 6) is 0.674. The molecule has 0 saturated heterocycles. The summed E-state index contributed by atoms with van der Waals surface area (Å²) < 4.78 is 1.83. The summed E-state index contributed by atoms with van der Waals surface area (Å²) in [4.78, 5) is 22.6. The van der Waals surface area contributed by atoms with E-state index in [1.54, 1.807) is 6.07 Å².